The molecular formula is C13H14BrN3. The zero-order valence-electron chi connectivity index (χ0n) is 9.89. The summed E-state index contributed by atoms with van der Waals surface area (Å²) in [5.41, 5.74) is 2.08. The monoisotopic (exact) mass is 291 g/mol. The van der Waals surface area contributed by atoms with Crippen LogP contribution in [0.4, 0.5) is 5.82 Å². The minimum Gasteiger partial charge on any atom is -0.353 e. The molecule has 0 unspecified atom stereocenters. The van der Waals surface area contributed by atoms with Crippen LogP contribution in [0.2, 0.25) is 0 Å². The van der Waals surface area contributed by atoms with Crippen LogP contribution in [0, 0.1) is 6.92 Å². The smallest absolute Gasteiger partial charge is 0.142 e. The molecule has 0 aliphatic heterocycles. The first-order valence-electron chi connectivity index (χ1n) is 5.41. The van der Waals surface area contributed by atoms with Crippen molar-refractivity contribution in [3.63, 3.8) is 0 Å². The summed E-state index contributed by atoms with van der Waals surface area (Å²) in [5.74, 6) is 0.927. The molecule has 17 heavy (non-hydrogen) atoms. The maximum absolute atomic E-state index is 4.48. The van der Waals surface area contributed by atoms with E-state index in [9.17, 15) is 0 Å². The predicted octanol–water partition coefficient (Wildman–Crippen LogP) is 3.18. The molecule has 0 aliphatic rings. The second kappa shape index (κ2) is 5.27. The third-order valence-corrected chi connectivity index (χ3v) is 3.06. The van der Waals surface area contributed by atoms with E-state index in [4.69, 9.17) is 0 Å². The van der Waals surface area contributed by atoms with Gasteiger partial charge in [0.2, 0.25) is 0 Å². The molecule has 88 valence electrons. The van der Waals surface area contributed by atoms with Crippen molar-refractivity contribution in [2.24, 2.45) is 0 Å². The zero-order chi connectivity index (χ0) is 12.3. The van der Waals surface area contributed by atoms with Crippen molar-refractivity contribution in [2.75, 3.05) is 11.9 Å². The Bertz CT molecular complexity index is 514. The Morgan fingerprint density at radius 2 is 2.06 bits per heavy atom. The lowest BCUT2D eigenvalue weighted by atomic mass is 10.3. The van der Waals surface area contributed by atoms with E-state index >= 15 is 0 Å². The SMILES string of the molecule is Cc1cccc(CN(C)c2ncccc2Br)n1. The van der Waals surface area contributed by atoms with Crippen LogP contribution in [0.3, 0.4) is 0 Å². The number of halogens is 1. The number of rotatable bonds is 3. The zero-order valence-corrected chi connectivity index (χ0v) is 11.5. The number of hydrogen-bond donors (Lipinski definition) is 0. The van der Waals surface area contributed by atoms with Crippen LogP contribution < -0.4 is 4.90 Å². The van der Waals surface area contributed by atoms with Crippen molar-refractivity contribution in [3.8, 4) is 0 Å². The van der Waals surface area contributed by atoms with Gasteiger partial charge in [-0.3, -0.25) is 4.98 Å². The van der Waals surface area contributed by atoms with Crippen molar-refractivity contribution in [1.82, 2.24) is 9.97 Å². The number of aromatic nitrogens is 2. The first kappa shape index (κ1) is 12.0. The number of anilines is 1. The summed E-state index contributed by atoms with van der Waals surface area (Å²) in [6, 6.07) is 9.95. The highest BCUT2D eigenvalue weighted by Crippen LogP contribution is 2.22. The second-order valence-electron chi connectivity index (χ2n) is 3.94. The first-order valence-corrected chi connectivity index (χ1v) is 6.20. The maximum Gasteiger partial charge on any atom is 0.142 e. The van der Waals surface area contributed by atoms with Gasteiger partial charge in [-0.25, -0.2) is 4.98 Å². The minimum absolute atomic E-state index is 0.747. The van der Waals surface area contributed by atoms with E-state index in [1.165, 1.54) is 0 Å². The summed E-state index contributed by atoms with van der Waals surface area (Å²) in [6.45, 7) is 2.75. The molecule has 0 amide bonds. The maximum atomic E-state index is 4.48. The number of pyridine rings is 2. The first-order chi connectivity index (χ1) is 8.16. The molecular weight excluding hydrogens is 278 g/mol. The second-order valence-corrected chi connectivity index (χ2v) is 4.79. The van der Waals surface area contributed by atoms with Crippen LogP contribution in [0.1, 0.15) is 11.4 Å². The molecule has 0 aromatic carbocycles. The number of nitrogens with zero attached hydrogens (tertiary/aromatic N) is 3. The molecule has 0 radical (unpaired) electrons. The third-order valence-electron chi connectivity index (χ3n) is 2.45. The Kier molecular flexibility index (Phi) is 3.74. The summed E-state index contributed by atoms with van der Waals surface area (Å²) in [5, 5.41) is 0. The molecule has 3 nitrogen and oxygen atoms in total. The Morgan fingerprint density at radius 1 is 1.24 bits per heavy atom. The molecule has 0 atom stereocenters. The van der Waals surface area contributed by atoms with Gasteiger partial charge in [-0.05, 0) is 47.1 Å². The lowest BCUT2D eigenvalue weighted by molar-refractivity contribution is 0.856. The van der Waals surface area contributed by atoms with Gasteiger partial charge in [0, 0.05) is 18.9 Å². The van der Waals surface area contributed by atoms with E-state index in [2.05, 4.69) is 30.8 Å². The van der Waals surface area contributed by atoms with Crippen molar-refractivity contribution in [2.45, 2.75) is 13.5 Å². The number of aryl methyl sites for hydroxylation is 1. The molecule has 0 fully saturated rings. The van der Waals surface area contributed by atoms with E-state index in [0.717, 1.165) is 28.2 Å². The average molecular weight is 292 g/mol. The summed E-state index contributed by atoms with van der Waals surface area (Å²) < 4.78 is 0.996. The Morgan fingerprint density at radius 3 is 2.76 bits per heavy atom. The highest BCUT2D eigenvalue weighted by Gasteiger charge is 2.07. The van der Waals surface area contributed by atoms with Crippen molar-refractivity contribution in [1.29, 1.82) is 0 Å². The van der Waals surface area contributed by atoms with Crippen LogP contribution >= 0.6 is 15.9 Å². The van der Waals surface area contributed by atoms with Gasteiger partial charge in [-0.1, -0.05) is 6.07 Å². The van der Waals surface area contributed by atoms with Gasteiger partial charge in [-0.15, -0.1) is 0 Å². The van der Waals surface area contributed by atoms with Crippen LogP contribution in [-0.2, 0) is 6.54 Å². The van der Waals surface area contributed by atoms with Crippen LogP contribution in [0.15, 0.2) is 41.0 Å². The lowest BCUT2D eigenvalue weighted by Gasteiger charge is -2.18. The van der Waals surface area contributed by atoms with E-state index in [1.54, 1.807) is 6.20 Å². The van der Waals surface area contributed by atoms with E-state index in [1.807, 2.05) is 44.3 Å². The fraction of sp³-hybridized carbons (Fsp3) is 0.231. The molecule has 0 saturated carbocycles. The Balaban J connectivity index is 2.17. The fourth-order valence-corrected chi connectivity index (χ4v) is 2.22. The Hall–Kier alpha value is -1.42. The van der Waals surface area contributed by atoms with Crippen LogP contribution in [0.5, 0.6) is 0 Å². The van der Waals surface area contributed by atoms with E-state index in [0.29, 0.717) is 0 Å². The van der Waals surface area contributed by atoms with Crippen LogP contribution in [0.25, 0.3) is 0 Å². The molecule has 0 saturated heterocycles. The summed E-state index contributed by atoms with van der Waals surface area (Å²) >= 11 is 3.50. The standard InChI is InChI=1S/C13H14BrN3/c1-10-5-3-6-11(16-10)9-17(2)13-12(14)7-4-8-15-13/h3-8H,9H2,1-2H3. The molecule has 2 rings (SSSR count). The fourth-order valence-electron chi connectivity index (χ4n) is 1.66. The normalized spacial score (nSPS) is 10.3. The Labute approximate surface area is 110 Å². The van der Waals surface area contributed by atoms with Crippen molar-refractivity contribution < 1.29 is 0 Å². The average Bonchev–Trinajstić information content (AvgIpc) is 2.29. The molecule has 0 spiro atoms. The lowest BCUT2D eigenvalue weighted by Crippen LogP contribution is -2.19. The summed E-state index contributed by atoms with van der Waals surface area (Å²) in [7, 11) is 2.01. The van der Waals surface area contributed by atoms with Gasteiger partial charge in [-0.2, -0.15) is 0 Å². The van der Waals surface area contributed by atoms with Crippen LogP contribution in [-0.4, -0.2) is 17.0 Å². The summed E-state index contributed by atoms with van der Waals surface area (Å²) in [4.78, 5) is 10.9. The number of hydrogen-bond acceptors (Lipinski definition) is 3. The van der Waals surface area contributed by atoms with Gasteiger partial charge >= 0.3 is 0 Å². The largest absolute Gasteiger partial charge is 0.353 e. The molecule has 2 aromatic rings. The van der Waals surface area contributed by atoms with E-state index in [-0.39, 0.29) is 0 Å². The van der Waals surface area contributed by atoms with Crippen molar-refractivity contribution >= 4 is 21.7 Å². The quantitative estimate of drug-likeness (QED) is 0.870. The molecule has 0 bridgehead atoms. The highest BCUT2D eigenvalue weighted by atomic mass is 79.9. The van der Waals surface area contributed by atoms with Gasteiger partial charge in [0.05, 0.1) is 16.7 Å². The van der Waals surface area contributed by atoms with Gasteiger partial charge in [0.15, 0.2) is 0 Å². The molecule has 4 heteroatoms. The predicted molar refractivity (Wildman–Crippen MR) is 73.0 cm³/mol. The van der Waals surface area contributed by atoms with Crippen molar-refractivity contribution in [3.05, 3.63) is 52.4 Å². The molecule has 0 aliphatic carbocycles. The van der Waals surface area contributed by atoms with E-state index < -0.39 is 0 Å². The van der Waals surface area contributed by atoms with Gasteiger partial charge < -0.3 is 4.90 Å². The topological polar surface area (TPSA) is 29.0 Å². The van der Waals surface area contributed by atoms with Gasteiger partial charge in [0.1, 0.15) is 5.82 Å². The summed E-state index contributed by atoms with van der Waals surface area (Å²) in [6.07, 6.45) is 1.79. The molecule has 2 aromatic heterocycles. The van der Waals surface area contributed by atoms with Gasteiger partial charge in [0.25, 0.3) is 0 Å². The minimum atomic E-state index is 0.747. The molecule has 2 heterocycles. The molecule has 0 N–H and O–H groups in total. The third kappa shape index (κ3) is 3.03. The highest BCUT2D eigenvalue weighted by molar-refractivity contribution is 9.10.